The molecule has 0 heterocycles. The lowest BCUT2D eigenvalue weighted by Gasteiger charge is -2.25. The van der Waals surface area contributed by atoms with Crippen LogP contribution in [0, 0.1) is 0 Å². The topological polar surface area (TPSA) is 37.3 Å². The Morgan fingerprint density at radius 2 is 1.92 bits per heavy atom. The molecule has 1 N–H and O–H groups in total. The maximum absolute atomic E-state index is 11.3. The van der Waals surface area contributed by atoms with Crippen LogP contribution in [0.25, 0.3) is 0 Å². The average molecular weight is 287 g/mol. The van der Waals surface area contributed by atoms with Crippen molar-refractivity contribution in [2.24, 2.45) is 0 Å². The second kappa shape index (κ2) is 6.80. The molecule has 1 amide bonds. The lowest BCUT2D eigenvalue weighted by atomic mass is 10.3. The molecule has 0 aromatic carbocycles. The van der Waals surface area contributed by atoms with Crippen molar-refractivity contribution in [1.29, 1.82) is 0 Å². The van der Waals surface area contributed by atoms with Gasteiger partial charge in [0.1, 0.15) is 6.54 Å². The number of aliphatic hydroxyl groups excluding tert-OH is 1. The minimum Gasteiger partial charge on any atom is -1.00 e. The van der Waals surface area contributed by atoms with Gasteiger partial charge in [-0.15, -0.1) is 0 Å². The second-order valence-electron chi connectivity index (χ2n) is 3.28. The second-order valence-corrected chi connectivity index (χ2v) is 3.28. The summed E-state index contributed by atoms with van der Waals surface area (Å²) in [7, 11) is 3.66. The highest BCUT2D eigenvalue weighted by Crippen LogP contribution is 2.02. The van der Waals surface area contributed by atoms with Gasteiger partial charge in [0.25, 0.3) is 0 Å². The molecule has 0 unspecified atom stereocenters. The van der Waals surface area contributed by atoms with E-state index in [1.54, 1.807) is 0 Å². The number of likely N-dealkylation sites (N-methyl/N-ethyl adjacent to an activating group) is 1. The predicted molar refractivity (Wildman–Crippen MR) is 44.0 cm³/mol. The highest BCUT2D eigenvalue weighted by molar-refractivity contribution is 5.68. The molecule has 0 radical (unpaired) electrons. The molecule has 0 saturated carbocycles. The van der Waals surface area contributed by atoms with Crippen molar-refractivity contribution < 1.29 is 38.4 Å². The summed E-state index contributed by atoms with van der Waals surface area (Å²) >= 11 is 0. The number of rotatable bonds is 4. The fourth-order valence-corrected chi connectivity index (χ4v) is 0.891. The van der Waals surface area contributed by atoms with Gasteiger partial charge in [-0.2, -0.15) is 0 Å². The van der Waals surface area contributed by atoms with Crippen LogP contribution in [0.5, 0.6) is 0 Å². The van der Waals surface area contributed by atoms with Crippen LogP contribution < -0.4 is 24.0 Å². The lowest BCUT2D eigenvalue weighted by molar-refractivity contribution is -0.814. The standard InChI is InChI=1S/C8H18NO2.HI/c1-4-5-8(11)9(2,3)6-7-10;/h10H,4-7H2,1-3H3;1H/q+1;/p-1. The van der Waals surface area contributed by atoms with Gasteiger partial charge in [-0.1, -0.05) is 6.92 Å². The number of carbonyl (C=O) groups excluding carboxylic acids is 1. The van der Waals surface area contributed by atoms with Gasteiger partial charge in [0.15, 0.2) is 0 Å². The van der Waals surface area contributed by atoms with Gasteiger partial charge in [-0.25, -0.2) is 4.79 Å². The van der Waals surface area contributed by atoms with Crippen LogP contribution in [-0.4, -0.2) is 42.7 Å². The van der Waals surface area contributed by atoms with E-state index < -0.39 is 0 Å². The molecule has 0 aromatic rings. The monoisotopic (exact) mass is 287 g/mol. The number of nitrogens with zero attached hydrogens (tertiary/aromatic N) is 1. The molecule has 0 atom stereocenters. The first-order valence-electron chi connectivity index (χ1n) is 4.02. The van der Waals surface area contributed by atoms with E-state index in [9.17, 15) is 4.79 Å². The minimum absolute atomic E-state index is 0. The van der Waals surface area contributed by atoms with Crippen LogP contribution in [-0.2, 0) is 4.79 Å². The summed E-state index contributed by atoms with van der Waals surface area (Å²) in [6.45, 7) is 2.57. The summed E-state index contributed by atoms with van der Waals surface area (Å²) in [6.07, 6.45) is 1.49. The summed E-state index contributed by atoms with van der Waals surface area (Å²) in [5, 5.41) is 8.65. The maximum atomic E-state index is 11.3. The van der Waals surface area contributed by atoms with Crippen molar-refractivity contribution in [3.63, 3.8) is 0 Å². The van der Waals surface area contributed by atoms with E-state index in [1.165, 1.54) is 0 Å². The molecule has 4 heteroatoms. The summed E-state index contributed by atoms with van der Waals surface area (Å²) in [4.78, 5) is 11.3. The largest absolute Gasteiger partial charge is 1.00 e. The number of amides is 1. The molecular formula is C8H18INO2. The smallest absolute Gasteiger partial charge is 0.313 e. The van der Waals surface area contributed by atoms with Gasteiger partial charge in [-0.05, 0) is 6.42 Å². The molecule has 0 spiro atoms. The Bertz CT molecular complexity index is 137. The van der Waals surface area contributed by atoms with Crippen LogP contribution in [0.1, 0.15) is 19.8 Å². The molecule has 0 rings (SSSR count). The third kappa shape index (κ3) is 5.05. The summed E-state index contributed by atoms with van der Waals surface area (Å²) in [5.41, 5.74) is 0. The van der Waals surface area contributed by atoms with Crippen LogP contribution in [0.2, 0.25) is 0 Å². The molecular weight excluding hydrogens is 269 g/mol. The predicted octanol–water partition coefficient (Wildman–Crippen LogP) is -2.61. The number of carbonyl (C=O) groups is 1. The molecule has 0 aliphatic heterocycles. The molecule has 0 bridgehead atoms. The van der Waals surface area contributed by atoms with Crippen molar-refractivity contribution in [3.8, 4) is 0 Å². The van der Waals surface area contributed by atoms with Gasteiger partial charge >= 0.3 is 5.91 Å². The molecule has 0 aromatic heterocycles. The van der Waals surface area contributed by atoms with Crippen molar-refractivity contribution >= 4 is 5.91 Å². The van der Waals surface area contributed by atoms with Crippen LogP contribution in [0.3, 0.4) is 0 Å². The molecule has 74 valence electrons. The van der Waals surface area contributed by atoms with E-state index in [1.807, 2.05) is 21.0 Å². The third-order valence-electron chi connectivity index (χ3n) is 1.80. The Morgan fingerprint density at radius 1 is 1.42 bits per heavy atom. The Hall–Kier alpha value is 0.320. The first-order valence-corrected chi connectivity index (χ1v) is 4.02. The number of quaternary nitrogens is 1. The average Bonchev–Trinajstić information content (AvgIpc) is 1.88. The van der Waals surface area contributed by atoms with Gasteiger partial charge in [-0.3, -0.25) is 4.48 Å². The zero-order valence-corrected chi connectivity index (χ0v) is 10.2. The first kappa shape index (κ1) is 14.8. The Balaban J connectivity index is 0. The van der Waals surface area contributed by atoms with E-state index in [-0.39, 0.29) is 36.5 Å². The van der Waals surface area contributed by atoms with Crippen LogP contribution in [0.15, 0.2) is 0 Å². The molecule has 0 aliphatic carbocycles. The maximum Gasteiger partial charge on any atom is 0.313 e. The van der Waals surface area contributed by atoms with Gasteiger partial charge in [0, 0.05) is 0 Å². The Kier molecular flexibility index (Phi) is 8.39. The van der Waals surface area contributed by atoms with Gasteiger partial charge < -0.3 is 29.1 Å². The zero-order valence-electron chi connectivity index (χ0n) is 8.01. The number of halogens is 1. The van der Waals surface area contributed by atoms with Crippen LogP contribution in [0.4, 0.5) is 0 Å². The summed E-state index contributed by atoms with van der Waals surface area (Å²) in [6, 6.07) is 0. The fraction of sp³-hybridized carbons (Fsp3) is 0.875. The highest BCUT2D eigenvalue weighted by atomic mass is 127. The normalized spacial score (nSPS) is 10.7. The SMILES string of the molecule is CCCC(=O)[N+](C)(C)CCO.[I-]. The van der Waals surface area contributed by atoms with Crippen molar-refractivity contribution in [2.75, 3.05) is 27.2 Å². The highest BCUT2D eigenvalue weighted by Gasteiger charge is 2.23. The first-order chi connectivity index (χ1) is 5.04. The molecule has 0 saturated heterocycles. The van der Waals surface area contributed by atoms with E-state index in [0.29, 0.717) is 17.4 Å². The number of aliphatic hydroxyl groups is 1. The number of hydrogen-bond acceptors (Lipinski definition) is 2. The van der Waals surface area contributed by atoms with E-state index in [2.05, 4.69) is 0 Å². The Labute approximate surface area is 91.4 Å². The Morgan fingerprint density at radius 3 is 2.25 bits per heavy atom. The van der Waals surface area contributed by atoms with Crippen molar-refractivity contribution in [1.82, 2.24) is 0 Å². The van der Waals surface area contributed by atoms with E-state index >= 15 is 0 Å². The molecule has 12 heavy (non-hydrogen) atoms. The van der Waals surface area contributed by atoms with Crippen molar-refractivity contribution in [2.45, 2.75) is 19.8 Å². The number of hydrogen-bond donors (Lipinski definition) is 1. The minimum atomic E-state index is 0. The summed E-state index contributed by atoms with van der Waals surface area (Å²) in [5.74, 6) is 0.196. The third-order valence-corrected chi connectivity index (χ3v) is 1.80. The molecule has 0 aliphatic rings. The lowest BCUT2D eigenvalue weighted by Crippen LogP contribution is -3.00. The zero-order chi connectivity index (χ0) is 8.91. The molecule has 3 nitrogen and oxygen atoms in total. The van der Waals surface area contributed by atoms with Crippen molar-refractivity contribution in [3.05, 3.63) is 0 Å². The van der Waals surface area contributed by atoms with Gasteiger partial charge in [0.2, 0.25) is 0 Å². The fourth-order valence-electron chi connectivity index (χ4n) is 0.891. The molecule has 0 fully saturated rings. The summed E-state index contributed by atoms with van der Waals surface area (Å²) < 4.78 is 0.296. The van der Waals surface area contributed by atoms with Gasteiger partial charge in [0.05, 0.1) is 27.1 Å². The van der Waals surface area contributed by atoms with E-state index in [0.717, 1.165) is 6.42 Å². The van der Waals surface area contributed by atoms with Crippen LogP contribution >= 0.6 is 0 Å². The van der Waals surface area contributed by atoms with E-state index in [4.69, 9.17) is 5.11 Å². The quantitative estimate of drug-likeness (QED) is 0.454.